The second kappa shape index (κ2) is 56.0. The van der Waals surface area contributed by atoms with E-state index in [1.807, 2.05) is 0 Å². The smallest absolute Gasteiger partial charge is 0.306 e. The molecule has 0 aliphatic heterocycles. The van der Waals surface area contributed by atoms with E-state index in [1.54, 1.807) is 0 Å². The summed E-state index contributed by atoms with van der Waals surface area (Å²) in [5.74, 6) is -0.886. The first-order chi connectivity index (χ1) is 33.0. The fourth-order valence-electron chi connectivity index (χ4n) is 8.49. The van der Waals surface area contributed by atoms with Gasteiger partial charge in [-0.15, -0.1) is 0 Å². The van der Waals surface area contributed by atoms with E-state index in [4.69, 9.17) is 14.2 Å². The number of ether oxygens (including phenoxy) is 3. The molecule has 0 bridgehead atoms. The maximum Gasteiger partial charge on any atom is 0.306 e. The van der Waals surface area contributed by atoms with Crippen LogP contribution in [0.15, 0.2) is 48.6 Å². The maximum atomic E-state index is 12.8. The molecule has 0 heterocycles. The molecule has 0 saturated heterocycles. The van der Waals surface area contributed by atoms with Crippen LogP contribution in [0.3, 0.4) is 0 Å². The molecule has 0 aliphatic rings. The van der Waals surface area contributed by atoms with Crippen molar-refractivity contribution in [1.82, 2.24) is 0 Å². The zero-order chi connectivity index (χ0) is 48.6. The zero-order valence-electron chi connectivity index (χ0n) is 44.7. The van der Waals surface area contributed by atoms with Gasteiger partial charge in [-0.3, -0.25) is 14.4 Å². The zero-order valence-corrected chi connectivity index (χ0v) is 44.7. The van der Waals surface area contributed by atoms with Crippen LogP contribution in [0, 0.1) is 0 Å². The first-order valence-corrected chi connectivity index (χ1v) is 29.1. The predicted molar refractivity (Wildman–Crippen MR) is 289 cm³/mol. The molecule has 0 aromatic heterocycles. The third-order valence-electron chi connectivity index (χ3n) is 12.8. The summed E-state index contributed by atoms with van der Waals surface area (Å²) < 4.78 is 16.9. The van der Waals surface area contributed by atoms with Crippen LogP contribution in [0.25, 0.3) is 0 Å². The molecule has 0 rings (SSSR count). The summed E-state index contributed by atoms with van der Waals surface area (Å²) in [7, 11) is 0. The fraction of sp³-hybridized carbons (Fsp3) is 0.820. The summed E-state index contributed by atoms with van der Waals surface area (Å²) in [5, 5.41) is 0. The Hall–Kier alpha value is -2.63. The lowest BCUT2D eigenvalue weighted by Gasteiger charge is -2.18. The molecule has 0 saturated carbocycles. The van der Waals surface area contributed by atoms with Gasteiger partial charge in [-0.05, 0) is 57.8 Å². The molecule has 67 heavy (non-hydrogen) atoms. The van der Waals surface area contributed by atoms with Crippen molar-refractivity contribution in [2.24, 2.45) is 0 Å². The summed E-state index contributed by atoms with van der Waals surface area (Å²) in [6, 6.07) is 0. The Morgan fingerprint density at radius 1 is 0.313 bits per heavy atom. The first kappa shape index (κ1) is 64.4. The Morgan fingerprint density at radius 2 is 0.582 bits per heavy atom. The highest BCUT2D eigenvalue weighted by atomic mass is 16.6. The lowest BCUT2D eigenvalue weighted by molar-refractivity contribution is -0.167. The van der Waals surface area contributed by atoms with E-state index in [0.29, 0.717) is 19.3 Å². The molecule has 0 aliphatic carbocycles. The Bertz CT molecular complexity index is 1170. The number of esters is 3. The molecule has 0 aromatic rings. The molecule has 0 spiro atoms. The van der Waals surface area contributed by atoms with E-state index >= 15 is 0 Å². The predicted octanol–water partition coefficient (Wildman–Crippen LogP) is 19.4. The average Bonchev–Trinajstić information content (AvgIpc) is 3.33. The third-order valence-corrected chi connectivity index (χ3v) is 12.8. The Balaban J connectivity index is 4.33. The summed E-state index contributed by atoms with van der Waals surface area (Å²) in [6.07, 6.45) is 68.2. The molecule has 1 atom stereocenters. The van der Waals surface area contributed by atoms with Crippen molar-refractivity contribution >= 4 is 17.9 Å². The van der Waals surface area contributed by atoms with Crippen LogP contribution >= 0.6 is 0 Å². The minimum atomic E-state index is -0.782. The Labute approximate surface area is 416 Å². The normalized spacial score (nSPS) is 12.3. The molecule has 0 fully saturated rings. The minimum Gasteiger partial charge on any atom is -0.462 e. The van der Waals surface area contributed by atoms with E-state index in [9.17, 15) is 14.4 Å². The van der Waals surface area contributed by atoms with E-state index in [-0.39, 0.29) is 31.1 Å². The van der Waals surface area contributed by atoms with Crippen LogP contribution in [-0.2, 0) is 28.6 Å². The highest BCUT2D eigenvalue weighted by Gasteiger charge is 2.19. The van der Waals surface area contributed by atoms with Crippen LogP contribution in [-0.4, -0.2) is 37.2 Å². The van der Waals surface area contributed by atoms with Gasteiger partial charge in [0.25, 0.3) is 0 Å². The summed E-state index contributed by atoms with van der Waals surface area (Å²) in [6.45, 7) is 6.54. The van der Waals surface area contributed by atoms with Gasteiger partial charge in [0.1, 0.15) is 13.2 Å². The number of hydrogen-bond acceptors (Lipinski definition) is 6. The van der Waals surface area contributed by atoms with E-state index in [2.05, 4.69) is 69.4 Å². The van der Waals surface area contributed by atoms with Gasteiger partial charge < -0.3 is 14.2 Å². The fourth-order valence-corrected chi connectivity index (χ4v) is 8.49. The highest BCUT2D eigenvalue weighted by Crippen LogP contribution is 2.17. The van der Waals surface area contributed by atoms with Crippen LogP contribution in [0.4, 0.5) is 0 Å². The van der Waals surface area contributed by atoms with Crippen molar-refractivity contribution in [1.29, 1.82) is 0 Å². The molecular formula is C61H110O6. The van der Waals surface area contributed by atoms with Crippen LogP contribution in [0.1, 0.15) is 303 Å². The molecular weight excluding hydrogens is 829 g/mol. The number of allylic oxidation sites excluding steroid dienone is 8. The number of carbonyl (C=O) groups is 3. The van der Waals surface area contributed by atoms with Gasteiger partial charge in [0.2, 0.25) is 0 Å². The number of rotatable bonds is 53. The third kappa shape index (κ3) is 54.2. The van der Waals surface area contributed by atoms with Gasteiger partial charge >= 0.3 is 17.9 Å². The molecule has 390 valence electrons. The van der Waals surface area contributed by atoms with Gasteiger partial charge in [0.15, 0.2) is 6.10 Å². The molecule has 0 aromatic carbocycles. The monoisotopic (exact) mass is 939 g/mol. The topological polar surface area (TPSA) is 78.9 Å². The van der Waals surface area contributed by atoms with E-state index in [1.165, 1.54) is 167 Å². The van der Waals surface area contributed by atoms with Crippen LogP contribution in [0.2, 0.25) is 0 Å². The molecule has 0 amide bonds. The first-order valence-electron chi connectivity index (χ1n) is 29.1. The number of hydrogen-bond donors (Lipinski definition) is 0. The van der Waals surface area contributed by atoms with Gasteiger partial charge in [-0.1, -0.05) is 275 Å². The molecule has 6 nitrogen and oxygen atoms in total. The second-order valence-electron chi connectivity index (χ2n) is 19.5. The lowest BCUT2D eigenvalue weighted by atomic mass is 10.0. The second-order valence-corrected chi connectivity index (χ2v) is 19.5. The van der Waals surface area contributed by atoms with Crippen molar-refractivity contribution in [3.8, 4) is 0 Å². The molecule has 6 heteroatoms. The largest absolute Gasteiger partial charge is 0.462 e. The quantitative estimate of drug-likeness (QED) is 0.0262. The van der Waals surface area contributed by atoms with E-state index < -0.39 is 6.10 Å². The van der Waals surface area contributed by atoms with Crippen LogP contribution < -0.4 is 0 Å². The summed E-state index contributed by atoms with van der Waals surface area (Å²) in [4.78, 5) is 38.1. The number of unbranched alkanes of at least 4 members (excludes halogenated alkanes) is 34. The van der Waals surface area contributed by atoms with Crippen LogP contribution in [0.5, 0.6) is 0 Å². The van der Waals surface area contributed by atoms with Gasteiger partial charge in [-0.2, -0.15) is 0 Å². The van der Waals surface area contributed by atoms with Gasteiger partial charge in [0, 0.05) is 19.3 Å². The average molecular weight is 940 g/mol. The molecule has 0 N–H and O–H groups in total. The maximum absolute atomic E-state index is 12.8. The minimum absolute atomic E-state index is 0.0789. The van der Waals surface area contributed by atoms with Gasteiger partial charge in [-0.25, -0.2) is 0 Å². The Morgan fingerprint density at radius 3 is 0.910 bits per heavy atom. The van der Waals surface area contributed by atoms with Crippen molar-refractivity contribution in [2.75, 3.05) is 13.2 Å². The summed E-state index contributed by atoms with van der Waals surface area (Å²) in [5.41, 5.74) is 0. The highest BCUT2D eigenvalue weighted by molar-refractivity contribution is 5.71. The van der Waals surface area contributed by atoms with Gasteiger partial charge in [0.05, 0.1) is 0 Å². The number of carbonyl (C=O) groups excluding carboxylic acids is 3. The molecule has 1 unspecified atom stereocenters. The van der Waals surface area contributed by atoms with Crippen molar-refractivity contribution in [3.63, 3.8) is 0 Å². The lowest BCUT2D eigenvalue weighted by Crippen LogP contribution is -2.30. The van der Waals surface area contributed by atoms with Crippen molar-refractivity contribution in [3.05, 3.63) is 48.6 Å². The Kier molecular flexibility index (Phi) is 53.8. The van der Waals surface area contributed by atoms with E-state index in [0.717, 1.165) is 96.3 Å². The SMILES string of the molecule is CC/C=C\C/C=C\C/C=C\C/C=C\CCCCCCC(=O)OC(COC(=O)CCCCCCCCCCCCCC)COC(=O)CCCCCCCCCCCCCCCCCCCCCC. The molecule has 0 radical (unpaired) electrons. The standard InChI is InChI=1S/C61H110O6/c1-4-7-10-13-16-19-22-25-27-29-30-31-33-34-36-39-42-45-48-51-54-60(63)66-57-58(56-65-59(62)53-50-47-44-41-38-24-21-18-15-12-9-6-3)67-61(64)55-52-49-46-43-40-37-35-32-28-26-23-20-17-14-11-8-5-2/h8,11,17,20,26,28,35,37,58H,4-7,9-10,12-16,18-19,21-25,27,29-34,36,38-57H2,1-3H3/b11-8-,20-17-,28-26-,37-35-. The van der Waals surface area contributed by atoms with Crippen molar-refractivity contribution in [2.45, 2.75) is 309 Å². The summed E-state index contributed by atoms with van der Waals surface area (Å²) >= 11 is 0. The van der Waals surface area contributed by atoms with Crippen molar-refractivity contribution < 1.29 is 28.6 Å².